The lowest BCUT2D eigenvalue weighted by Crippen LogP contribution is -2.47. The van der Waals surface area contributed by atoms with Crippen LogP contribution in [0.15, 0.2) is 41.3 Å². The summed E-state index contributed by atoms with van der Waals surface area (Å²) < 4.78 is 0. The Morgan fingerprint density at radius 3 is 2.73 bits per heavy atom. The second-order valence-corrected chi connectivity index (χ2v) is 6.60. The molecule has 2 amide bonds. The molecule has 1 aliphatic rings. The van der Waals surface area contributed by atoms with Crippen molar-refractivity contribution >= 4 is 29.3 Å². The van der Waals surface area contributed by atoms with E-state index in [-0.39, 0.29) is 23.8 Å². The highest BCUT2D eigenvalue weighted by Crippen LogP contribution is 2.27. The monoisotopic (exact) mass is 319 g/mol. The largest absolute Gasteiger partial charge is 0.348 e. The lowest BCUT2D eigenvalue weighted by molar-refractivity contribution is -0.122. The molecular formula is C16H21N3O2S. The van der Waals surface area contributed by atoms with Gasteiger partial charge in [-0.3, -0.25) is 9.59 Å². The van der Waals surface area contributed by atoms with E-state index in [1.165, 1.54) is 17.8 Å². The van der Waals surface area contributed by atoms with Crippen LogP contribution in [0.3, 0.4) is 0 Å². The zero-order chi connectivity index (χ0) is 16.1. The van der Waals surface area contributed by atoms with Crippen LogP contribution in [0.2, 0.25) is 0 Å². The topological polar surface area (TPSA) is 84.2 Å². The van der Waals surface area contributed by atoms with E-state index in [9.17, 15) is 9.59 Å². The van der Waals surface area contributed by atoms with Gasteiger partial charge in [-0.2, -0.15) is 0 Å². The summed E-state index contributed by atoms with van der Waals surface area (Å²) in [7, 11) is 0. The molecule has 1 aliphatic heterocycles. The highest BCUT2D eigenvalue weighted by Gasteiger charge is 2.20. The number of para-hydroxylation sites is 1. The van der Waals surface area contributed by atoms with Crippen LogP contribution in [-0.2, 0) is 9.59 Å². The zero-order valence-electron chi connectivity index (χ0n) is 12.7. The van der Waals surface area contributed by atoms with Gasteiger partial charge in [0.2, 0.25) is 11.8 Å². The average Bonchev–Trinajstić information content (AvgIpc) is 2.48. The van der Waals surface area contributed by atoms with Gasteiger partial charge in [-0.25, -0.2) is 0 Å². The molecule has 0 unspecified atom stereocenters. The molecule has 4 N–H and O–H groups in total. The summed E-state index contributed by atoms with van der Waals surface area (Å²) in [4.78, 5) is 25.1. The number of thioether (sulfide) groups is 1. The van der Waals surface area contributed by atoms with Crippen LogP contribution in [0.25, 0.3) is 0 Å². The Morgan fingerprint density at radius 1 is 1.27 bits per heavy atom. The van der Waals surface area contributed by atoms with Crippen molar-refractivity contribution in [1.29, 1.82) is 0 Å². The van der Waals surface area contributed by atoms with Crippen LogP contribution >= 0.6 is 11.8 Å². The summed E-state index contributed by atoms with van der Waals surface area (Å²) >= 11 is 1.46. The third-order valence-corrected chi connectivity index (χ3v) is 4.57. The number of anilines is 1. The fourth-order valence-electron chi connectivity index (χ4n) is 2.02. The van der Waals surface area contributed by atoms with Crippen LogP contribution in [0, 0.1) is 5.92 Å². The lowest BCUT2D eigenvalue weighted by atomic mass is 10.0. The van der Waals surface area contributed by atoms with Gasteiger partial charge in [0.05, 0.1) is 11.7 Å². The summed E-state index contributed by atoms with van der Waals surface area (Å²) in [5.74, 6) is 0.211. The Kier molecular flexibility index (Phi) is 5.63. The molecule has 0 saturated carbocycles. The Labute approximate surface area is 134 Å². The van der Waals surface area contributed by atoms with E-state index in [2.05, 4.69) is 10.6 Å². The predicted octanol–water partition coefficient (Wildman–Crippen LogP) is 1.76. The number of benzene rings is 1. The number of hydrogen-bond acceptors (Lipinski definition) is 4. The first-order valence-electron chi connectivity index (χ1n) is 7.24. The third-order valence-electron chi connectivity index (χ3n) is 3.38. The maximum absolute atomic E-state index is 12.2. The van der Waals surface area contributed by atoms with Gasteiger partial charge in [-0.05, 0) is 18.1 Å². The summed E-state index contributed by atoms with van der Waals surface area (Å²) in [6, 6.07) is 6.67. The van der Waals surface area contributed by atoms with Crippen molar-refractivity contribution in [3.05, 3.63) is 36.4 Å². The van der Waals surface area contributed by atoms with Crippen molar-refractivity contribution in [3.8, 4) is 0 Å². The average molecular weight is 319 g/mol. The zero-order valence-corrected chi connectivity index (χ0v) is 13.5. The maximum Gasteiger partial charge on any atom is 0.248 e. The Balaban J connectivity index is 2.29. The molecular weight excluding hydrogens is 298 g/mol. The number of carbonyl (C=O) groups is 2. The van der Waals surface area contributed by atoms with Crippen molar-refractivity contribution in [2.45, 2.75) is 30.8 Å². The van der Waals surface area contributed by atoms with Gasteiger partial charge in [0.1, 0.15) is 0 Å². The Hall–Kier alpha value is -1.79. The molecule has 5 nitrogen and oxygen atoms in total. The van der Waals surface area contributed by atoms with Gasteiger partial charge in [0, 0.05) is 22.8 Å². The van der Waals surface area contributed by atoms with Crippen molar-refractivity contribution in [2.24, 2.45) is 11.7 Å². The van der Waals surface area contributed by atoms with E-state index in [1.54, 1.807) is 6.08 Å². The van der Waals surface area contributed by atoms with Crippen LogP contribution in [0.4, 0.5) is 5.69 Å². The molecule has 0 bridgehead atoms. The normalized spacial score (nSPS) is 23.1. The number of nitrogens with one attached hydrogen (secondary N) is 2. The minimum atomic E-state index is -0.595. The summed E-state index contributed by atoms with van der Waals surface area (Å²) in [6.07, 6.45) is 3.17. The van der Waals surface area contributed by atoms with Crippen molar-refractivity contribution in [2.75, 3.05) is 11.1 Å². The maximum atomic E-state index is 12.2. The van der Waals surface area contributed by atoms with E-state index in [1.807, 2.05) is 38.1 Å². The molecule has 0 saturated heterocycles. The van der Waals surface area contributed by atoms with Crippen molar-refractivity contribution in [3.63, 3.8) is 0 Å². The van der Waals surface area contributed by atoms with Gasteiger partial charge in [-0.15, -0.1) is 11.8 Å². The van der Waals surface area contributed by atoms with Gasteiger partial charge in [0.15, 0.2) is 0 Å². The summed E-state index contributed by atoms with van der Waals surface area (Å²) in [6.45, 7) is 3.96. The molecule has 0 aliphatic carbocycles. The van der Waals surface area contributed by atoms with Gasteiger partial charge in [-0.1, -0.05) is 32.1 Å². The van der Waals surface area contributed by atoms with Gasteiger partial charge < -0.3 is 16.4 Å². The quantitative estimate of drug-likeness (QED) is 0.736. The van der Waals surface area contributed by atoms with E-state index in [0.717, 1.165) is 10.6 Å². The molecule has 0 aromatic heterocycles. The number of carbonyl (C=O) groups excluding carboxylic acids is 2. The molecule has 118 valence electrons. The fraction of sp³-hybridized carbons (Fsp3) is 0.375. The SMILES string of the molecule is CC(C)[C@H]1C=CC(=O)Nc2ccccc2SC[C@H](N)C(=O)N1. The second-order valence-electron chi connectivity index (χ2n) is 5.54. The number of amides is 2. The smallest absolute Gasteiger partial charge is 0.248 e. The third kappa shape index (κ3) is 4.35. The van der Waals surface area contributed by atoms with E-state index in [4.69, 9.17) is 5.73 Å². The van der Waals surface area contributed by atoms with Crippen LogP contribution in [-0.4, -0.2) is 29.7 Å². The van der Waals surface area contributed by atoms with E-state index >= 15 is 0 Å². The Bertz CT molecular complexity index is 587. The minimum Gasteiger partial charge on any atom is -0.348 e. The number of nitrogens with two attached hydrogens (primary N) is 1. The van der Waals surface area contributed by atoms with Crippen LogP contribution in [0.1, 0.15) is 13.8 Å². The fourth-order valence-corrected chi connectivity index (χ4v) is 2.98. The second kappa shape index (κ2) is 7.47. The lowest BCUT2D eigenvalue weighted by Gasteiger charge is -2.22. The molecule has 1 aromatic carbocycles. The van der Waals surface area contributed by atoms with Gasteiger partial charge in [0.25, 0.3) is 0 Å². The standard InChI is InChI=1S/C16H21N3O2S/c1-10(2)12-7-8-15(20)18-13-5-3-4-6-14(13)22-9-11(17)16(21)19-12/h3-8,10-12H,9,17H2,1-2H3,(H,18,20)(H,19,21)/t11-,12+/m0/s1. The van der Waals surface area contributed by atoms with E-state index in [0.29, 0.717) is 5.75 Å². The first kappa shape index (κ1) is 16.6. The minimum absolute atomic E-state index is 0.170. The highest BCUT2D eigenvalue weighted by atomic mass is 32.2. The predicted molar refractivity (Wildman–Crippen MR) is 89.7 cm³/mol. The molecule has 6 heteroatoms. The first-order chi connectivity index (χ1) is 10.5. The van der Waals surface area contributed by atoms with Crippen LogP contribution < -0.4 is 16.4 Å². The number of rotatable bonds is 1. The molecule has 1 aromatic rings. The first-order valence-corrected chi connectivity index (χ1v) is 8.23. The van der Waals surface area contributed by atoms with Crippen LogP contribution in [0.5, 0.6) is 0 Å². The Morgan fingerprint density at radius 2 is 2.00 bits per heavy atom. The van der Waals surface area contributed by atoms with E-state index < -0.39 is 6.04 Å². The molecule has 1 heterocycles. The van der Waals surface area contributed by atoms with Crippen molar-refractivity contribution in [1.82, 2.24) is 5.32 Å². The summed E-state index contributed by atoms with van der Waals surface area (Å²) in [5.41, 5.74) is 6.69. The van der Waals surface area contributed by atoms with Crippen molar-refractivity contribution < 1.29 is 9.59 Å². The number of hydrogen-bond donors (Lipinski definition) is 3. The molecule has 2 atom stereocenters. The molecule has 2 rings (SSSR count). The highest BCUT2D eigenvalue weighted by molar-refractivity contribution is 7.99. The number of fused-ring (bicyclic) bond motifs is 1. The molecule has 22 heavy (non-hydrogen) atoms. The molecule has 0 spiro atoms. The van der Waals surface area contributed by atoms with Gasteiger partial charge >= 0.3 is 0 Å². The summed E-state index contributed by atoms with van der Waals surface area (Å²) in [5, 5.41) is 5.75. The molecule has 0 fully saturated rings. The molecule has 0 radical (unpaired) electrons.